The Hall–Kier alpha value is -2.08. The van der Waals surface area contributed by atoms with Crippen molar-refractivity contribution < 1.29 is 0 Å². The van der Waals surface area contributed by atoms with E-state index in [0.29, 0.717) is 23.0 Å². The molecule has 0 aliphatic rings. The molecule has 18 heavy (non-hydrogen) atoms. The maximum absolute atomic E-state index is 5.95. The standard InChI is InChI=1S/C12H10BrN5/c13-6-1-2-8(14)7(5-6)11-16-9-3-4-10(15)17-12(9)18-11/h1-5H,14H2,(H3,15,16,17,18). The number of benzene rings is 1. The minimum atomic E-state index is 0.447. The summed E-state index contributed by atoms with van der Waals surface area (Å²) in [4.78, 5) is 11.7. The summed E-state index contributed by atoms with van der Waals surface area (Å²) in [7, 11) is 0. The Bertz CT molecular complexity index is 734. The highest BCUT2D eigenvalue weighted by molar-refractivity contribution is 9.10. The molecule has 0 amide bonds. The lowest BCUT2D eigenvalue weighted by atomic mass is 10.2. The Balaban J connectivity index is 2.22. The fourth-order valence-corrected chi connectivity index (χ4v) is 2.13. The number of anilines is 2. The van der Waals surface area contributed by atoms with Crippen molar-refractivity contribution in [2.45, 2.75) is 0 Å². The van der Waals surface area contributed by atoms with Crippen LogP contribution in [0, 0.1) is 0 Å². The van der Waals surface area contributed by atoms with Crippen molar-refractivity contribution in [3.05, 3.63) is 34.8 Å². The van der Waals surface area contributed by atoms with Gasteiger partial charge in [-0.25, -0.2) is 9.97 Å². The molecule has 0 saturated heterocycles. The number of H-pyrrole nitrogens is 1. The van der Waals surface area contributed by atoms with Gasteiger partial charge in [0.25, 0.3) is 0 Å². The first kappa shape index (κ1) is 11.0. The van der Waals surface area contributed by atoms with Gasteiger partial charge in [-0.05, 0) is 30.3 Å². The van der Waals surface area contributed by atoms with E-state index in [2.05, 4.69) is 30.9 Å². The molecule has 5 nitrogen and oxygen atoms in total. The molecule has 3 aromatic rings. The summed E-state index contributed by atoms with van der Waals surface area (Å²) >= 11 is 3.42. The third-order valence-corrected chi connectivity index (χ3v) is 3.13. The molecule has 0 spiro atoms. The zero-order valence-electron chi connectivity index (χ0n) is 9.31. The number of aromatic amines is 1. The Morgan fingerprint density at radius 1 is 1.06 bits per heavy atom. The lowest BCUT2D eigenvalue weighted by Gasteiger charge is -2.02. The van der Waals surface area contributed by atoms with Crippen molar-refractivity contribution in [3.63, 3.8) is 0 Å². The summed E-state index contributed by atoms with van der Waals surface area (Å²) in [6.07, 6.45) is 0. The molecule has 0 fully saturated rings. The molecule has 0 saturated carbocycles. The number of aromatic nitrogens is 3. The van der Waals surface area contributed by atoms with Crippen LogP contribution in [0.4, 0.5) is 11.5 Å². The van der Waals surface area contributed by atoms with E-state index >= 15 is 0 Å². The molecule has 0 aliphatic heterocycles. The topological polar surface area (TPSA) is 93.6 Å². The van der Waals surface area contributed by atoms with E-state index < -0.39 is 0 Å². The summed E-state index contributed by atoms with van der Waals surface area (Å²) in [5, 5.41) is 0. The highest BCUT2D eigenvalue weighted by atomic mass is 79.9. The minimum Gasteiger partial charge on any atom is -0.398 e. The zero-order chi connectivity index (χ0) is 12.7. The fraction of sp³-hybridized carbons (Fsp3) is 0. The van der Waals surface area contributed by atoms with Crippen LogP contribution >= 0.6 is 15.9 Å². The molecule has 3 rings (SSSR count). The maximum Gasteiger partial charge on any atom is 0.180 e. The lowest BCUT2D eigenvalue weighted by Crippen LogP contribution is -1.91. The van der Waals surface area contributed by atoms with Gasteiger partial charge in [0.2, 0.25) is 0 Å². The van der Waals surface area contributed by atoms with Crippen LogP contribution in [-0.2, 0) is 0 Å². The fourth-order valence-electron chi connectivity index (χ4n) is 1.77. The first-order valence-electron chi connectivity index (χ1n) is 5.31. The van der Waals surface area contributed by atoms with Gasteiger partial charge in [-0.15, -0.1) is 0 Å². The first-order valence-corrected chi connectivity index (χ1v) is 6.10. The molecule has 0 unspecified atom stereocenters. The van der Waals surface area contributed by atoms with E-state index in [1.807, 2.05) is 24.3 Å². The van der Waals surface area contributed by atoms with E-state index in [0.717, 1.165) is 15.6 Å². The van der Waals surface area contributed by atoms with Gasteiger partial charge >= 0.3 is 0 Å². The van der Waals surface area contributed by atoms with Crippen LogP contribution in [0.25, 0.3) is 22.6 Å². The SMILES string of the molecule is Nc1ccc2[nH]c(-c3cc(Br)ccc3N)nc2n1. The number of fused-ring (bicyclic) bond motifs is 1. The van der Waals surface area contributed by atoms with Crippen LogP contribution in [0.15, 0.2) is 34.8 Å². The van der Waals surface area contributed by atoms with Gasteiger partial charge in [0.05, 0.1) is 5.52 Å². The number of pyridine rings is 1. The van der Waals surface area contributed by atoms with Gasteiger partial charge in [-0.2, -0.15) is 0 Å². The van der Waals surface area contributed by atoms with Crippen LogP contribution in [0.3, 0.4) is 0 Å². The number of nitrogens with two attached hydrogens (primary N) is 2. The second-order valence-electron chi connectivity index (χ2n) is 3.92. The van der Waals surface area contributed by atoms with Crippen molar-refractivity contribution >= 4 is 38.6 Å². The van der Waals surface area contributed by atoms with Crippen molar-refractivity contribution in [1.82, 2.24) is 15.0 Å². The summed E-state index contributed by atoms with van der Waals surface area (Å²) in [5.41, 5.74) is 14.5. The molecule has 2 heterocycles. The molecule has 5 N–H and O–H groups in total. The lowest BCUT2D eigenvalue weighted by molar-refractivity contribution is 1.30. The van der Waals surface area contributed by atoms with Gasteiger partial charge in [-0.1, -0.05) is 15.9 Å². The van der Waals surface area contributed by atoms with E-state index in [1.165, 1.54) is 0 Å². The number of nitrogens with zero attached hydrogens (tertiary/aromatic N) is 2. The maximum atomic E-state index is 5.95. The molecular weight excluding hydrogens is 294 g/mol. The second kappa shape index (κ2) is 3.99. The Labute approximate surface area is 111 Å². The molecule has 2 aromatic heterocycles. The monoisotopic (exact) mass is 303 g/mol. The van der Waals surface area contributed by atoms with E-state index in [-0.39, 0.29) is 0 Å². The number of halogens is 1. The molecule has 1 aromatic carbocycles. The average Bonchev–Trinajstić information content (AvgIpc) is 2.74. The Morgan fingerprint density at radius 2 is 1.89 bits per heavy atom. The summed E-state index contributed by atoms with van der Waals surface area (Å²) in [6, 6.07) is 9.21. The number of nitrogen functional groups attached to an aromatic ring is 2. The third kappa shape index (κ3) is 1.80. The number of rotatable bonds is 1. The van der Waals surface area contributed by atoms with Gasteiger partial charge in [-0.3, -0.25) is 0 Å². The summed E-state index contributed by atoms with van der Waals surface area (Å²) in [5.74, 6) is 1.13. The largest absolute Gasteiger partial charge is 0.398 e. The van der Waals surface area contributed by atoms with Gasteiger partial charge in [0.15, 0.2) is 5.65 Å². The van der Waals surface area contributed by atoms with E-state index in [4.69, 9.17) is 11.5 Å². The molecule has 6 heteroatoms. The van der Waals surface area contributed by atoms with Crippen molar-refractivity contribution in [2.24, 2.45) is 0 Å². The highest BCUT2D eigenvalue weighted by Crippen LogP contribution is 2.28. The number of nitrogens with one attached hydrogen (secondary N) is 1. The van der Waals surface area contributed by atoms with E-state index in [9.17, 15) is 0 Å². The normalized spacial score (nSPS) is 10.9. The van der Waals surface area contributed by atoms with Gasteiger partial charge in [0, 0.05) is 15.7 Å². The number of hydrogen-bond donors (Lipinski definition) is 3. The first-order chi connectivity index (χ1) is 8.63. The predicted molar refractivity (Wildman–Crippen MR) is 75.8 cm³/mol. The van der Waals surface area contributed by atoms with Gasteiger partial charge < -0.3 is 16.5 Å². The molecular formula is C12H10BrN5. The molecule has 0 atom stereocenters. The summed E-state index contributed by atoms with van der Waals surface area (Å²) < 4.78 is 0.944. The summed E-state index contributed by atoms with van der Waals surface area (Å²) in [6.45, 7) is 0. The van der Waals surface area contributed by atoms with Crippen molar-refractivity contribution in [2.75, 3.05) is 11.5 Å². The Kier molecular flexibility index (Phi) is 2.45. The minimum absolute atomic E-state index is 0.447. The van der Waals surface area contributed by atoms with Crippen molar-refractivity contribution in [3.8, 4) is 11.4 Å². The van der Waals surface area contributed by atoms with Crippen LogP contribution < -0.4 is 11.5 Å². The van der Waals surface area contributed by atoms with Crippen LogP contribution in [0.2, 0.25) is 0 Å². The highest BCUT2D eigenvalue weighted by Gasteiger charge is 2.09. The third-order valence-electron chi connectivity index (χ3n) is 2.64. The molecule has 0 aliphatic carbocycles. The second-order valence-corrected chi connectivity index (χ2v) is 4.84. The van der Waals surface area contributed by atoms with Gasteiger partial charge in [0.1, 0.15) is 11.6 Å². The predicted octanol–water partition coefficient (Wildman–Crippen LogP) is 2.55. The van der Waals surface area contributed by atoms with Crippen LogP contribution in [-0.4, -0.2) is 15.0 Å². The molecule has 0 bridgehead atoms. The number of hydrogen-bond acceptors (Lipinski definition) is 4. The molecule has 90 valence electrons. The van der Waals surface area contributed by atoms with Crippen LogP contribution in [0.5, 0.6) is 0 Å². The Morgan fingerprint density at radius 3 is 2.72 bits per heavy atom. The van der Waals surface area contributed by atoms with Crippen LogP contribution in [0.1, 0.15) is 0 Å². The van der Waals surface area contributed by atoms with Crippen molar-refractivity contribution in [1.29, 1.82) is 0 Å². The zero-order valence-corrected chi connectivity index (χ0v) is 10.9. The molecule has 0 radical (unpaired) electrons. The van der Waals surface area contributed by atoms with E-state index in [1.54, 1.807) is 6.07 Å². The smallest absolute Gasteiger partial charge is 0.180 e. The quantitative estimate of drug-likeness (QED) is 0.602. The average molecular weight is 304 g/mol. The number of imidazole rings is 1.